The molecule has 8 atom stereocenters. The van der Waals surface area contributed by atoms with Crippen LogP contribution in [0.15, 0.2) is 11.6 Å². The third kappa shape index (κ3) is 4.17. The summed E-state index contributed by atoms with van der Waals surface area (Å²) in [7, 11) is 0. The number of fused-ring (bicyclic) bond motifs is 3. The third-order valence-corrected chi connectivity index (χ3v) is 9.57. The zero-order valence-corrected chi connectivity index (χ0v) is 23.2. The van der Waals surface area contributed by atoms with Crippen LogP contribution in [0.2, 0.25) is 0 Å². The van der Waals surface area contributed by atoms with Crippen molar-refractivity contribution in [1.29, 1.82) is 0 Å². The van der Waals surface area contributed by atoms with Crippen LogP contribution < -0.4 is 0 Å². The molecule has 9 heteroatoms. The van der Waals surface area contributed by atoms with Crippen molar-refractivity contribution in [2.45, 2.75) is 111 Å². The van der Waals surface area contributed by atoms with Gasteiger partial charge in [-0.2, -0.15) is 0 Å². The van der Waals surface area contributed by atoms with Gasteiger partial charge in [-0.15, -0.1) is 0 Å². The quantitative estimate of drug-likeness (QED) is 0.311. The van der Waals surface area contributed by atoms with Crippen LogP contribution in [0.1, 0.15) is 81.1 Å². The molecule has 2 aliphatic heterocycles. The predicted octanol–water partition coefficient (Wildman–Crippen LogP) is 3.66. The highest BCUT2D eigenvalue weighted by atomic mass is 16.6. The number of carbonyl (C=O) groups excluding carboxylic acids is 4. The second-order valence-electron chi connectivity index (χ2n) is 12.2. The van der Waals surface area contributed by atoms with Gasteiger partial charge in [-0.25, -0.2) is 0 Å². The van der Waals surface area contributed by atoms with Crippen LogP contribution in [-0.2, 0) is 42.9 Å². The SMILES string of the molecule is CC(=O)OC1C(OC(C)=O)C2(C)OC3(CCC2(C)C2C(OC(=O)C(C)C)CC=C(C)C12C)COC(=O)C3. The Labute approximate surface area is 218 Å². The Hall–Kier alpha value is -2.42. The van der Waals surface area contributed by atoms with Gasteiger partial charge in [0.25, 0.3) is 0 Å². The van der Waals surface area contributed by atoms with E-state index in [1.54, 1.807) is 13.8 Å². The van der Waals surface area contributed by atoms with E-state index < -0.39 is 52.3 Å². The Morgan fingerprint density at radius 2 is 1.62 bits per heavy atom. The smallest absolute Gasteiger partial charge is 0.308 e. The molecule has 0 N–H and O–H groups in total. The van der Waals surface area contributed by atoms with Crippen LogP contribution in [0, 0.1) is 22.7 Å². The second-order valence-corrected chi connectivity index (χ2v) is 12.2. The zero-order valence-electron chi connectivity index (χ0n) is 23.2. The van der Waals surface area contributed by atoms with E-state index in [0.29, 0.717) is 19.3 Å². The van der Waals surface area contributed by atoms with Crippen molar-refractivity contribution in [3.05, 3.63) is 11.6 Å². The van der Waals surface area contributed by atoms with Gasteiger partial charge >= 0.3 is 23.9 Å². The Morgan fingerprint density at radius 3 is 2.16 bits per heavy atom. The van der Waals surface area contributed by atoms with Crippen LogP contribution >= 0.6 is 0 Å². The summed E-state index contributed by atoms with van der Waals surface area (Å²) in [6.45, 7) is 14.3. The molecule has 0 aromatic heterocycles. The largest absolute Gasteiger partial charge is 0.463 e. The molecule has 0 aromatic carbocycles. The highest BCUT2D eigenvalue weighted by molar-refractivity contribution is 5.73. The maximum atomic E-state index is 12.8. The van der Waals surface area contributed by atoms with Gasteiger partial charge < -0.3 is 23.7 Å². The molecule has 206 valence electrons. The lowest BCUT2D eigenvalue weighted by molar-refractivity contribution is -0.349. The van der Waals surface area contributed by atoms with Crippen LogP contribution in [0.3, 0.4) is 0 Å². The number of cyclic esters (lactones) is 1. The lowest BCUT2D eigenvalue weighted by Crippen LogP contribution is -2.78. The minimum Gasteiger partial charge on any atom is -0.463 e. The molecule has 0 radical (unpaired) electrons. The van der Waals surface area contributed by atoms with Crippen molar-refractivity contribution in [1.82, 2.24) is 0 Å². The standard InChI is InChI=1S/C28H40O9/c1-15(2)24(32)36-19-10-9-16(3)26(7)21(19)25(6)11-12-28(13-20(31)33-14-28)37-27(25,8)23(35-18(5)30)22(26)34-17(4)29/h9,15,19,21-23H,10-14H2,1-8H3. The van der Waals surface area contributed by atoms with Crippen molar-refractivity contribution >= 4 is 23.9 Å². The van der Waals surface area contributed by atoms with E-state index in [4.69, 9.17) is 23.7 Å². The topological polar surface area (TPSA) is 114 Å². The molecular weight excluding hydrogens is 480 g/mol. The van der Waals surface area contributed by atoms with Gasteiger partial charge in [0.15, 0.2) is 12.2 Å². The van der Waals surface area contributed by atoms with Gasteiger partial charge in [-0.3, -0.25) is 19.2 Å². The maximum Gasteiger partial charge on any atom is 0.308 e. The fourth-order valence-electron chi connectivity index (χ4n) is 7.48. The minimum absolute atomic E-state index is 0.0936. The lowest BCUT2D eigenvalue weighted by atomic mass is 9.41. The molecule has 3 fully saturated rings. The Bertz CT molecular complexity index is 1030. The fraction of sp³-hybridized carbons (Fsp3) is 0.786. The first kappa shape index (κ1) is 27.6. The van der Waals surface area contributed by atoms with Gasteiger partial charge in [-0.05, 0) is 26.7 Å². The van der Waals surface area contributed by atoms with Gasteiger partial charge in [0.05, 0.1) is 12.3 Å². The molecule has 2 heterocycles. The molecule has 2 saturated heterocycles. The molecule has 0 aromatic rings. The van der Waals surface area contributed by atoms with Gasteiger partial charge in [0.2, 0.25) is 0 Å². The molecule has 4 aliphatic rings. The number of rotatable bonds is 4. The lowest BCUT2D eigenvalue weighted by Gasteiger charge is -2.70. The highest BCUT2D eigenvalue weighted by Gasteiger charge is 2.76. The van der Waals surface area contributed by atoms with Crippen LogP contribution in [0.5, 0.6) is 0 Å². The first-order valence-corrected chi connectivity index (χ1v) is 13.2. The monoisotopic (exact) mass is 520 g/mol. The first-order chi connectivity index (χ1) is 17.1. The molecule has 2 aliphatic carbocycles. The fourth-order valence-corrected chi connectivity index (χ4v) is 7.48. The average molecular weight is 521 g/mol. The number of hydrogen-bond donors (Lipinski definition) is 0. The number of carbonyl (C=O) groups is 4. The van der Waals surface area contributed by atoms with E-state index in [2.05, 4.69) is 6.92 Å². The molecule has 8 unspecified atom stereocenters. The Balaban J connectivity index is 1.93. The molecule has 4 rings (SSSR count). The van der Waals surface area contributed by atoms with E-state index >= 15 is 0 Å². The summed E-state index contributed by atoms with van der Waals surface area (Å²) in [5.41, 5.74) is -2.60. The van der Waals surface area contributed by atoms with Crippen molar-refractivity contribution in [2.24, 2.45) is 22.7 Å². The second kappa shape index (κ2) is 9.10. The van der Waals surface area contributed by atoms with E-state index in [1.807, 2.05) is 26.8 Å². The van der Waals surface area contributed by atoms with Gasteiger partial charge in [0, 0.05) is 37.0 Å². The summed E-state index contributed by atoms with van der Waals surface area (Å²) in [5.74, 6) is -2.34. The molecule has 0 bridgehead atoms. The normalized spacial score (nSPS) is 42.8. The van der Waals surface area contributed by atoms with Crippen molar-refractivity contribution < 1.29 is 42.9 Å². The highest BCUT2D eigenvalue weighted by Crippen LogP contribution is 2.68. The van der Waals surface area contributed by atoms with Crippen LogP contribution in [-0.4, -0.2) is 60.0 Å². The van der Waals surface area contributed by atoms with E-state index in [0.717, 1.165) is 5.57 Å². The molecule has 9 nitrogen and oxygen atoms in total. The van der Waals surface area contributed by atoms with Crippen LogP contribution in [0.4, 0.5) is 0 Å². The average Bonchev–Trinajstić information content (AvgIpc) is 3.14. The first-order valence-electron chi connectivity index (χ1n) is 13.2. The summed E-state index contributed by atoms with van der Waals surface area (Å²) in [6, 6.07) is 0. The Morgan fingerprint density at radius 1 is 1.00 bits per heavy atom. The summed E-state index contributed by atoms with van der Waals surface area (Å²) in [6.07, 6.45) is 1.38. The predicted molar refractivity (Wildman–Crippen MR) is 131 cm³/mol. The Kier molecular flexibility index (Phi) is 6.79. The van der Waals surface area contributed by atoms with Crippen molar-refractivity contribution in [2.75, 3.05) is 6.61 Å². The molecule has 1 saturated carbocycles. The summed E-state index contributed by atoms with van der Waals surface area (Å²) in [5, 5.41) is 0. The van der Waals surface area contributed by atoms with Gasteiger partial charge in [-0.1, -0.05) is 39.3 Å². The van der Waals surface area contributed by atoms with Crippen molar-refractivity contribution in [3.8, 4) is 0 Å². The molecule has 1 spiro atoms. The molecule has 37 heavy (non-hydrogen) atoms. The van der Waals surface area contributed by atoms with Crippen LogP contribution in [0.25, 0.3) is 0 Å². The summed E-state index contributed by atoms with van der Waals surface area (Å²) in [4.78, 5) is 50.0. The number of esters is 4. The van der Waals surface area contributed by atoms with E-state index in [1.165, 1.54) is 13.8 Å². The van der Waals surface area contributed by atoms with E-state index in [9.17, 15) is 19.2 Å². The third-order valence-electron chi connectivity index (χ3n) is 9.57. The summed E-state index contributed by atoms with van der Waals surface area (Å²) >= 11 is 0. The number of ether oxygens (including phenoxy) is 5. The minimum atomic E-state index is -1.19. The molecule has 0 amide bonds. The summed E-state index contributed by atoms with van der Waals surface area (Å²) < 4.78 is 30.3. The van der Waals surface area contributed by atoms with E-state index in [-0.39, 0.29) is 36.8 Å². The molecular formula is C28H40O9. The van der Waals surface area contributed by atoms with Crippen molar-refractivity contribution in [3.63, 3.8) is 0 Å². The maximum absolute atomic E-state index is 12.8. The number of hydrogen-bond acceptors (Lipinski definition) is 9. The zero-order chi connectivity index (χ0) is 27.6. The van der Waals surface area contributed by atoms with Gasteiger partial charge in [0.1, 0.15) is 23.9 Å².